The molecule has 1 saturated carbocycles. The molecule has 98 valence electrons. The monoisotopic (exact) mass is 250 g/mol. The number of hydrogen-bond donors (Lipinski definition) is 2. The number of rotatable bonds is 4. The summed E-state index contributed by atoms with van der Waals surface area (Å²) in [6.45, 7) is 0. The Morgan fingerprint density at radius 2 is 2.11 bits per heavy atom. The van der Waals surface area contributed by atoms with Gasteiger partial charge in [0, 0.05) is 11.8 Å². The van der Waals surface area contributed by atoms with Crippen LogP contribution in [0.4, 0.5) is 5.69 Å². The topological polar surface area (TPSA) is 73.6 Å². The molecule has 1 fully saturated rings. The summed E-state index contributed by atoms with van der Waals surface area (Å²) in [4.78, 5) is 17.2. The molecule has 0 bridgehead atoms. The molecular weight excluding hydrogens is 232 g/mol. The molecular formula is C13H18N2O3. The van der Waals surface area contributed by atoms with Crippen molar-refractivity contribution in [3.63, 3.8) is 0 Å². The van der Waals surface area contributed by atoms with Crippen LogP contribution in [-0.2, 0) is 4.84 Å². The molecule has 0 aromatic heterocycles. The second-order valence-electron chi connectivity index (χ2n) is 4.41. The molecule has 0 saturated heterocycles. The van der Waals surface area contributed by atoms with Crippen LogP contribution < -0.4 is 16.0 Å². The number of hydroxylamine groups is 1. The summed E-state index contributed by atoms with van der Waals surface area (Å²) in [5, 5.41) is 0. The number of carbonyl (C=O) groups excluding carboxylic acids is 1. The number of nitrogens with two attached hydrogens (primary N) is 1. The zero-order chi connectivity index (χ0) is 13.0. The molecule has 0 heterocycles. The molecule has 18 heavy (non-hydrogen) atoms. The number of benzene rings is 1. The van der Waals surface area contributed by atoms with Gasteiger partial charge in [0.1, 0.15) is 5.75 Å². The summed E-state index contributed by atoms with van der Waals surface area (Å²) >= 11 is 0. The van der Waals surface area contributed by atoms with Crippen LogP contribution >= 0.6 is 0 Å². The minimum atomic E-state index is -0.318. The highest BCUT2D eigenvalue weighted by Crippen LogP contribution is 2.21. The van der Waals surface area contributed by atoms with Gasteiger partial charge in [-0.2, -0.15) is 0 Å². The molecule has 1 aromatic rings. The van der Waals surface area contributed by atoms with Crippen LogP contribution in [0.1, 0.15) is 36.0 Å². The standard InChI is InChI=1S/C13H18N2O3/c1-17-10-6-7-11(12(14)8-10)13(16)15-18-9-4-2-3-5-9/h6-9H,2-5,14H2,1H3,(H,15,16). The lowest BCUT2D eigenvalue weighted by molar-refractivity contribution is -0.0124. The van der Waals surface area contributed by atoms with Gasteiger partial charge in [-0.25, -0.2) is 5.48 Å². The molecule has 1 aliphatic carbocycles. The summed E-state index contributed by atoms with van der Waals surface area (Å²) in [6, 6.07) is 4.94. The maximum atomic E-state index is 11.9. The first kappa shape index (κ1) is 12.7. The Bertz CT molecular complexity index is 428. The molecule has 0 spiro atoms. The van der Waals surface area contributed by atoms with E-state index in [0.29, 0.717) is 17.0 Å². The normalized spacial score (nSPS) is 15.6. The van der Waals surface area contributed by atoms with E-state index in [-0.39, 0.29) is 12.0 Å². The van der Waals surface area contributed by atoms with Crippen molar-refractivity contribution in [2.75, 3.05) is 12.8 Å². The molecule has 0 radical (unpaired) electrons. The first-order chi connectivity index (χ1) is 8.70. The van der Waals surface area contributed by atoms with Crippen molar-refractivity contribution in [1.82, 2.24) is 5.48 Å². The average Bonchev–Trinajstić information content (AvgIpc) is 2.88. The largest absolute Gasteiger partial charge is 0.497 e. The first-order valence-corrected chi connectivity index (χ1v) is 6.10. The lowest BCUT2D eigenvalue weighted by Crippen LogP contribution is -2.28. The Morgan fingerprint density at radius 1 is 1.39 bits per heavy atom. The van der Waals surface area contributed by atoms with Gasteiger partial charge in [0.2, 0.25) is 0 Å². The van der Waals surface area contributed by atoms with Crippen molar-refractivity contribution in [1.29, 1.82) is 0 Å². The lowest BCUT2D eigenvalue weighted by atomic mass is 10.1. The minimum absolute atomic E-state index is 0.133. The molecule has 1 amide bonds. The Morgan fingerprint density at radius 3 is 2.72 bits per heavy atom. The Hall–Kier alpha value is -1.75. The van der Waals surface area contributed by atoms with E-state index in [0.717, 1.165) is 25.7 Å². The van der Waals surface area contributed by atoms with Gasteiger partial charge in [0.15, 0.2) is 0 Å². The van der Waals surface area contributed by atoms with Crippen LogP contribution in [0.5, 0.6) is 5.75 Å². The Kier molecular flexibility index (Phi) is 4.04. The molecule has 3 N–H and O–H groups in total. The molecule has 2 rings (SSSR count). The van der Waals surface area contributed by atoms with E-state index in [2.05, 4.69) is 5.48 Å². The highest BCUT2D eigenvalue weighted by molar-refractivity contribution is 5.98. The van der Waals surface area contributed by atoms with Gasteiger partial charge >= 0.3 is 0 Å². The van der Waals surface area contributed by atoms with Crippen LogP contribution in [0.15, 0.2) is 18.2 Å². The number of nitrogen functional groups attached to an aromatic ring is 1. The maximum absolute atomic E-state index is 11.9. The predicted octanol–water partition coefficient (Wildman–Crippen LogP) is 1.88. The van der Waals surface area contributed by atoms with Gasteiger partial charge in [0.05, 0.1) is 18.8 Å². The molecule has 5 heteroatoms. The van der Waals surface area contributed by atoms with Crippen molar-refractivity contribution in [2.45, 2.75) is 31.8 Å². The fourth-order valence-corrected chi connectivity index (χ4v) is 2.07. The van der Waals surface area contributed by atoms with Gasteiger partial charge in [-0.1, -0.05) is 12.8 Å². The van der Waals surface area contributed by atoms with E-state index < -0.39 is 0 Å². The van der Waals surface area contributed by atoms with Crippen molar-refractivity contribution < 1.29 is 14.4 Å². The number of ether oxygens (including phenoxy) is 1. The third kappa shape index (κ3) is 2.92. The van der Waals surface area contributed by atoms with Crippen LogP contribution in [0.25, 0.3) is 0 Å². The summed E-state index contributed by atoms with van der Waals surface area (Å²) in [5.74, 6) is 0.308. The van der Waals surface area contributed by atoms with Crippen molar-refractivity contribution in [2.24, 2.45) is 0 Å². The number of hydrogen-bond acceptors (Lipinski definition) is 4. The summed E-state index contributed by atoms with van der Waals surface area (Å²) in [6.07, 6.45) is 4.45. The minimum Gasteiger partial charge on any atom is -0.497 e. The van der Waals surface area contributed by atoms with Gasteiger partial charge in [0.25, 0.3) is 5.91 Å². The number of carbonyl (C=O) groups is 1. The van der Waals surface area contributed by atoms with E-state index in [1.54, 1.807) is 25.3 Å². The zero-order valence-electron chi connectivity index (χ0n) is 10.4. The molecule has 1 aromatic carbocycles. The smallest absolute Gasteiger partial charge is 0.276 e. The van der Waals surface area contributed by atoms with E-state index in [9.17, 15) is 4.79 Å². The molecule has 0 atom stereocenters. The Labute approximate surface area is 106 Å². The van der Waals surface area contributed by atoms with E-state index in [1.807, 2.05) is 0 Å². The van der Waals surface area contributed by atoms with Crippen LogP contribution in [-0.4, -0.2) is 19.1 Å². The third-order valence-corrected chi connectivity index (χ3v) is 3.12. The van der Waals surface area contributed by atoms with Gasteiger partial charge < -0.3 is 10.5 Å². The highest BCUT2D eigenvalue weighted by Gasteiger charge is 2.18. The Balaban J connectivity index is 1.95. The van der Waals surface area contributed by atoms with Gasteiger partial charge in [-0.3, -0.25) is 9.63 Å². The van der Waals surface area contributed by atoms with Gasteiger partial charge in [-0.05, 0) is 25.0 Å². The maximum Gasteiger partial charge on any atom is 0.276 e. The number of amides is 1. The molecule has 0 unspecified atom stereocenters. The van der Waals surface area contributed by atoms with Crippen molar-refractivity contribution >= 4 is 11.6 Å². The molecule has 1 aliphatic rings. The van der Waals surface area contributed by atoms with Gasteiger partial charge in [-0.15, -0.1) is 0 Å². The van der Waals surface area contributed by atoms with Crippen molar-refractivity contribution in [3.8, 4) is 5.75 Å². The van der Waals surface area contributed by atoms with Crippen molar-refractivity contribution in [3.05, 3.63) is 23.8 Å². The fraction of sp³-hybridized carbons (Fsp3) is 0.462. The first-order valence-electron chi connectivity index (χ1n) is 6.10. The molecule has 0 aliphatic heterocycles. The quantitative estimate of drug-likeness (QED) is 0.632. The van der Waals surface area contributed by atoms with E-state index >= 15 is 0 Å². The van der Waals surface area contributed by atoms with E-state index in [4.69, 9.17) is 15.3 Å². The second kappa shape index (κ2) is 5.73. The summed E-state index contributed by atoms with van der Waals surface area (Å²) in [7, 11) is 1.55. The SMILES string of the molecule is COc1ccc(C(=O)NOC2CCCC2)c(N)c1. The van der Waals surface area contributed by atoms with Crippen LogP contribution in [0, 0.1) is 0 Å². The summed E-state index contributed by atoms with van der Waals surface area (Å²) in [5.41, 5.74) is 9.02. The number of methoxy groups -OCH3 is 1. The van der Waals surface area contributed by atoms with Crippen LogP contribution in [0.3, 0.4) is 0 Å². The number of nitrogens with one attached hydrogen (secondary N) is 1. The summed E-state index contributed by atoms with van der Waals surface area (Å²) < 4.78 is 5.03. The number of anilines is 1. The highest BCUT2D eigenvalue weighted by atomic mass is 16.7. The lowest BCUT2D eigenvalue weighted by Gasteiger charge is -2.12. The van der Waals surface area contributed by atoms with E-state index in [1.165, 1.54) is 0 Å². The fourth-order valence-electron chi connectivity index (χ4n) is 2.07. The molecule has 5 nitrogen and oxygen atoms in total. The third-order valence-electron chi connectivity index (χ3n) is 3.12. The van der Waals surface area contributed by atoms with Crippen LogP contribution in [0.2, 0.25) is 0 Å². The predicted molar refractivity (Wildman–Crippen MR) is 68.2 cm³/mol. The zero-order valence-corrected chi connectivity index (χ0v) is 10.4. The average molecular weight is 250 g/mol. The second-order valence-corrected chi connectivity index (χ2v) is 4.41.